The van der Waals surface area contributed by atoms with Crippen molar-refractivity contribution in [2.45, 2.75) is 25.9 Å². The van der Waals surface area contributed by atoms with Gasteiger partial charge in [0.15, 0.2) is 0 Å². The Kier molecular flexibility index (Phi) is 4.02. The van der Waals surface area contributed by atoms with Crippen LogP contribution in [0.15, 0.2) is 24.3 Å². The monoisotopic (exact) mass is 302 g/mol. The van der Waals surface area contributed by atoms with Gasteiger partial charge in [-0.05, 0) is 38.1 Å². The van der Waals surface area contributed by atoms with Gasteiger partial charge in [-0.25, -0.2) is 4.79 Å². The first-order valence-electron chi connectivity index (χ1n) is 7.77. The molecule has 2 atom stereocenters. The van der Waals surface area contributed by atoms with Gasteiger partial charge in [-0.3, -0.25) is 9.69 Å². The number of urea groups is 1. The van der Waals surface area contributed by atoms with Crippen LogP contribution in [0, 0.1) is 0 Å². The number of amides is 3. The van der Waals surface area contributed by atoms with Crippen LogP contribution in [0.3, 0.4) is 0 Å². The predicted octanol–water partition coefficient (Wildman–Crippen LogP) is 1.04. The normalized spacial score (nSPS) is 25.3. The SMILES string of the molecule is CC1NCCN(C(=O)c2ccc(N3CCNC3=O)cc2)C1C. The minimum absolute atomic E-state index is 0.0540. The summed E-state index contributed by atoms with van der Waals surface area (Å²) in [6.45, 7) is 7.04. The van der Waals surface area contributed by atoms with E-state index in [-0.39, 0.29) is 18.0 Å². The molecule has 2 aliphatic rings. The fraction of sp³-hybridized carbons (Fsp3) is 0.500. The van der Waals surface area contributed by atoms with Crippen molar-refractivity contribution in [2.75, 3.05) is 31.1 Å². The molecule has 118 valence electrons. The van der Waals surface area contributed by atoms with Gasteiger partial charge in [0.05, 0.1) is 0 Å². The van der Waals surface area contributed by atoms with E-state index in [0.29, 0.717) is 24.7 Å². The third kappa shape index (κ3) is 2.66. The summed E-state index contributed by atoms with van der Waals surface area (Å²) in [6, 6.07) is 7.69. The molecule has 3 amide bonds. The number of benzene rings is 1. The quantitative estimate of drug-likeness (QED) is 0.858. The summed E-state index contributed by atoms with van der Waals surface area (Å²) in [5, 5.41) is 6.15. The number of nitrogens with one attached hydrogen (secondary N) is 2. The summed E-state index contributed by atoms with van der Waals surface area (Å²) in [5.41, 5.74) is 1.50. The molecule has 0 spiro atoms. The fourth-order valence-corrected chi connectivity index (χ4v) is 3.01. The van der Waals surface area contributed by atoms with E-state index in [1.807, 2.05) is 29.2 Å². The molecule has 2 saturated heterocycles. The second kappa shape index (κ2) is 5.96. The third-order valence-electron chi connectivity index (χ3n) is 4.58. The Balaban J connectivity index is 1.75. The van der Waals surface area contributed by atoms with E-state index in [2.05, 4.69) is 24.5 Å². The van der Waals surface area contributed by atoms with E-state index in [9.17, 15) is 9.59 Å². The highest BCUT2D eigenvalue weighted by Gasteiger charge is 2.29. The molecule has 6 heteroatoms. The zero-order chi connectivity index (χ0) is 15.7. The topological polar surface area (TPSA) is 64.7 Å². The fourth-order valence-electron chi connectivity index (χ4n) is 3.01. The number of rotatable bonds is 2. The molecule has 0 bridgehead atoms. The summed E-state index contributed by atoms with van der Waals surface area (Å²) in [4.78, 5) is 27.9. The standard InChI is InChI=1S/C16H22N4O2/c1-11-12(2)19(9-7-17-11)15(21)13-3-5-14(6-4-13)20-10-8-18-16(20)22/h3-6,11-12,17H,7-10H2,1-2H3,(H,18,22). The van der Waals surface area contributed by atoms with Crippen LogP contribution in [0.4, 0.5) is 10.5 Å². The molecule has 0 aliphatic carbocycles. The number of anilines is 1. The Hall–Kier alpha value is -2.08. The van der Waals surface area contributed by atoms with E-state index in [0.717, 1.165) is 18.8 Å². The van der Waals surface area contributed by atoms with Crippen LogP contribution in [-0.2, 0) is 0 Å². The lowest BCUT2D eigenvalue weighted by atomic mass is 10.1. The van der Waals surface area contributed by atoms with E-state index < -0.39 is 0 Å². The van der Waals surface area contributed by atoms with Gasteiger partial charge in [0.25, 0.3) is 5.91 Å². The smallest absolute Gasteiger partial charge is 0.321 e. The molecule has 0 aromatic heterocycles. The van der Waals surface area contributed by atoms with Crippen molar-refractivity contribution in [1.82, 2.24) is 15.5 Å². The molecular weight excluding hydrogens is 280 g/mol. The van der Waals surface area contributed by atoms with Crippen molar-refractivity contribution in [3.8, 4) is 0 Å². The highest BCUT2D eigenvalue weighted by atomic mass is 16.2. The highest BCUT2D eigenvalue weighted by Crippen LogP contribution is 2.19. The van der Waals surface area contributed by atoms with Crippen molar-refractivity contribution < 1.29 is 9.59 Å². The van der Waals surface area contributed by atoms with Crippen LogP contribution in [0.1, 0.15) is 24.2 Å². The van der Waals surface area contributed by atoms with Gasteiger partial charge in [0, 0.05) is 49.5 Å². The lowest BCUT2D eigenvalue weighted by Gasteiger charge is -2.38. The summed E-state index contributed by atoms with van der Waals surface area (Å²) >= 11 is 0. The Bertz CT molecular complexity index is 572. The van der Waals surface area contributed by atoms with Crippen LogP contribution in [0.2, 0.25) is 0 Å². The Morgan fingerprint density at radius 1 is 1.14 bits per heavy atom. The Morgan fingerprint density at radius 3 is 2.50 bits per heavy atom. The predicted molar refractivity (Wildman–Crippen MR) is 85.1 cm³/mol. The van der Waals surface area contributed by atoms with Crippen LogP contribution < -0.4 is 15.5 Å². The van der Waals surface area contributed by atoms with Gasteiger partial charge in [-0.2, -0.15) is 0 Å². The lowest BCUT2D eigenvalue weighted by molar-refractivity contribution is 0.0603. The van der Waals surface area contributed by atoms with Gasteiger partial charge in [-0.1, -0.05) is 0 Å². The molecule has 2 aliphatic heterocycles. The van der Waals surface area contributed by atoms with Crippen molar-refractivity contribution in [1.29, 1.82) is 0 Å². The van der Waals surface area contributed by atoms with Gasteiger partial charge >= 0.3 is 6.03 Å². The van der Waals surface area contributed by atoms with Crippen molar-refractivity contribution >= 4 is 17.6 Å². The first-order valence-corrected chi connectivity index (χ1v) is 7.77. The second-order valence-corrected chi connectivity index (χ2v) is 5.91. The summed E-state index contributed by atoms with van der Waals surface area (Å²) in [5.74, 6) is 0.0540. The first kappa shape index (κ1) is 14.8. The second-order valence-electron chi connectivity index (χ2n) is 5.91. The molecule has 6 nitrogen and oxygen atoms in total. The number of hydrogen-bond donors (Lipinski definition) is 2. The largest absolute Gasteiger partial charge is 0.336 e. The molecule has 2 heterocycles. The minimum Gasteiger partial charge on any atom is -0.336 e. The van der Waals surface area contributed by atoms with Gasteiger partial charge in [0.2, 0.25) is 0 Å². The Labute approximate surface area is 130 Å². The summed E-state index contributed by atoms with van der Waals surface area (Å²) in [6.07, 6.45) is 0. The van der Waals surface area contributed by atoms with Gasteiger partial charge < -0.3 is 15.5 Å². The maximum absolute atomic E-state index is 12.7. The molecule has 22 heavy (non-hydrogen) atoms. The van der Waals surface area contributed by atoms with Crippen molar-refractivity contribution in [2.24, 2.45) is 0 Å². The molecule has 2 unspecified atom stereocenters. The number of piperazine rings is 1. The molecule has 0 radical (unpaired) electrons. The average molecular weight is 302 g/mol. The molecule has 1 aromatic carbocycles. The third-order valence-corrected chi connectivity index (χ3v) is 4.58. The number of hydrogen-bond acceptors (Lipinski definition) is 3. The van der Waals surface area contributed by atoms with Crippen molar-refractivity contribution in [3.63, 3.8) is 0 Å². The molecule has 0 saturated carbocycles. The minimum atomic E-state index is -0.0800. The molecular formula is C16H22N4O2. The van der Waals surface area contributed by atoms with Crippen LogP contribution >= 0.6 is 0 Å². The molecule has 3 rings (SSSR count). The Morgan fingerprint density at radius 2 is 1.86 bits per heavy atom. The number of nitrogens with zero attached hydrogens (tertiary/aromatic N) is 2. The van der Waals surface area contributed by atoms with E-state index >= 15 is 0 Å². The maximum Gasteiger partial charge on any atom is 0.321 e. The maximum atomic E-state index is 12.7. The van der Waals surface area contributed by atoms with E-state index in [4.69, 9.17) is 0 Å². The zero-order valence-electron chi connectivity index (χ0n) is 13.0. The molecule has 2 N–H and O–H groups in total. The lowest BCUT2D eigenvalue weighted by Crippen LogP contribution is -2.57. The van der Waals surface area contributed by atoms with E-state index in [1.165, 1.54) is 0 Å². The number of carbonyl (C=O) groups is 2. The first-order chi connectivity index (χ1) is 10.6. The van der Waals surface area contributed by atoms with Crippen LogP contribution in [0.5, 0.6) is 0 Å². The van der Waals surface area contributed by atoms with Crippen LogP contribution in [0.25, 0.3) is 0 Å². The zero-order valence-corrected chi connectivity index (χ0v) is 13.0. The van der Waals surface area contributed by atoms with Crippen molar-refractivity contribution in [3.05, 3.63) is 29.8 Å². The van der Waals surface area contributed by atoms with Gasteiger partial charge in [-0.15, -0.1) is 0 Å². The van der Waals surface area contributed by atoms with Crippen LogP contribution in [-0.4, -0.2) is 55.1 Å². The summed E-state index contributed by atoms with van der Waals surface area (Å²) < 4.78 is 0. The highest BCUT2D eigenvalue weighted by molar-refractivity contribution is 5.97. The number of carbonyl (C=O) groups excluding carboxylic acids is 2. The molecule has 1 aromatic rings. The summed E-state index contributed by atoms with van der Waals surface area (Å²) in [7, 11) is 0. The molecule has 2 fully saturated rings. The average Bonchev–Trinajstić information content (AvgIpc) is 2.96. The van der Waals surface area contributed by atoms with E-state index in [1.54, 1.807) is 4.90 Å². The van der Waals surface area contributed by atoms with Gasteiger partial charge in [0.1, 0.15) is 0 Å².